The number of ether oxygens (including phenoxy) is 1. The maximum Gasteiger partial charge on any atom is 0.353 e. The first-order valence-corrected chi connectivity index (χ1v) is 12.6. The number of hydrogen-bond acceptors (Lipinski definition) is 12. The van der Waals surface area contributed by atoms with Crippen LogP contribution >= 0.6 is 12.4 Å². The zero-order valence-corrected chi connectivity index (χ0v) is 24.1. The lowest BCUT2D eigenvalue weighted by Gasteiger charge is -2.11. The van der Waals surface area contributed by atoms with Gasteiger partial charge in [0, 0.05) is 19.2 Å². The number of nitrogens with two attached hydrogens (primary N) is 2. The van der Waals surface area contributed by atoms with Crippen LogP contribution in [0.4, 0.5) is 21.5 Å². The fraction of sp³-hybridized carbons (Fsp3) is 0.107. The van der Waals surface area contributed by atoms with E-state index < -0.39 is 40.4 Å². The van der Waals surface area contributed by atoms with E-state index in [1.54, 1.807) is 24.3 Å². The third kappa shape index (κ3) is 7.38. The number of anilines is 3. The molecule has 17 heteroatoms. The van der Waals surface area contributed by atoms with Crippen LogP contribution in [-0.4, -0.2) is 49.5 Å². The van der Waals surface area contributed by atoms with Crippen LogP contribution in [0.15, 0.2) is 64.3 Å². The number of carbonyl (C=O) groups excluding carboxylic acids is 2. The van der Waals surface area contributed by atoms with Crippen molar-refractivity contribution >= 4 is 53.1 Å². The average molecular weight is 642 g/mol. The molecule has 0 spiro atoms. The van der Waals surface area contributed by atoms with Crippen LogP contribution in [0.5, 0.6) is 5.88 Å². The number of carbonyl (C=O) groups is 3. The predicted octanol–water partition coefficient (Wildman–Crippen LogP) is 1.48. The fourth-order valence-electron chi connectivity index (χ4n) is 3.85. The second-order valence-corrected chi connectivity index (χ2v) is 9.06. The number of methoxy groups -OCH3 is 1. The van der Waals surface area contributed by atoms with E-state index in [9.17, 15) is 38.6 Å². The molecule has 8 N–H and O–H groups in total. The Morgan fingerprint density at radius 3 is 2.29 bits per heavy atom. The Balaban J connectivity index is 0.000000265. The van der Waals surface area contributed by atoms with Gasteiger partial charge in [-0.25, -0.2) is 19.0 Å². The topological polar surface area (TPSA) is 241 Å². The van der Waals surface area contributed by atoms with Crippen molar-refractivity contribution in [2.24, 2.45) is 5.73 Å². The van der Waals surface area contributed by atoms with Gasteiger partial charge in [-0.15, -0.1) is 12.4 Å². The number of carboxylic acids is 1. The van der Waals surface area contributed by atoms with Crippen molar-refractivity contribution in [3.63, 3.8) is 0 Å². The number of halogens is 2. The van der Waals surface area contributed by atoms with Crippen LogP contribution < -0.4 is 33.0 Å². The van der Waals surface area contributed by atoms with E-state index in [2.05, 4.69) is 25.3 Å². The minimum absolute atomic E-state index is 0. The summed E-state index contributed by atoms with van der Waals surface area (Å²) >= 11 is 0. The number of amides is 1. The number of imidazole rings is 1. The Morgan fingerprint density at radius 1 is 1.02 bits per heavy atom. The van der Waals surface area contributed by atoms with Gasteiger partial charge in [0.05, 0.1) is 24.6 Å². The van der Waals surface area contributed by atoms with E-state index in [-0.39, 0.29) is 59.7 Å². The number of carboxylic acid groups (broad SMARTS) is 1. The monoisotopic (exact) mass is 641 g/mol. The number of nitrogens with zero attached hydrogens (tertiary/aromatic N) is 3. The summed E-state index contributed by atoms with van der Waals surface area (Å²) in [5, 5.41) is 23.8. The van der Waals surface area contributed by atoms with E-state index in [0.717, 1.165) is 16.7 Å². The number of hydrogen-bond donors (Lipinski definition) is 6. The standard InChI is InChI=1S/C17H14N4O6.C11H10FN3O2.ClH/c1-27-16(26)10-4-2-9(3-5-10)7-18-14(23)11-6-12(15(24)25)21-8-13(22)20-17(21)19-11;12-6-2-1-5(4-13)3-7(6)15-9-8(14)10(16)11(9)17;/h2-6,8,22H,7H2,1H3,(H,18,23)(H,24,25);1-3,15H,4,13-14H2;1H. The molecule has 0 fully saturated rings. The Morgan fingerprint density at radius 2 is 1.69 bits per heavy atom. The first kappa shape index (κ1) is 33.6. The number of esters is 1. The number of fused-ring (bicyclic) bond motifs is 1. The van der Waals surface area contributed by atoms with Crippen LogP contribution in [-0.2, 0) is 17.8 Å². The van der Waals surface area contributed by atoms with E-state index >= 15 is 0 Å². The molecule has 5 aromatic rings. The number of nitrogen functional groups attached to an aromatic ring is 1. The van der Waals surface area contributed by atoms with E-state index in [1.807, 2.05) is 0 Å². The van der Waals surface area contributed by atoms with Crippen molar-refractivity contribution in [3.05, 3.63) is 109 Å². The third-order valence-electron chi connectivity index (χ3n) is 6.18. The summed E-state index contributed by atoms with van der Waals surface area (Å²) in [4.78, 5) is 64.7. The van der Waals surface area contributed by atoms with Crippen molar-refractivity contribution in [1.82, 2.24) is 19.7 Å². The second kappa shape index (κ2) is 14.1. The maximum atomic E-state index is 13.4. The summed E-state index contributed by atoms with van der Waals surface area (Å²) in [7, 11) is 1.28. The van der Waals surface area contributed by atoms with E-state index in [4.69, 9.17) is 11.5 Å². The highest BCUT2D eigenvalue weighted by Crippen LogP contribution is 2.22. The summed E-state index contributed by atoms with van der Waals surface area (Å²) < 4.78 is 19.1. The third-order valence-corrected chi connectivity index (χ3v) is 6.18. The van der Waals surface area contributed by atoms with Crippen LogP contribution in [0.2, 0.25) is 0 Å². The number of nitrogens with one attached hydrogen (secondary N) is 2. The lowest BCUT2D eigenvalue weighted by atomic mass is 10.1. The van der Waals surface area contributed by atoms with Gasteiger partial charge in [-0.05, 0) is 35.4 Å². The number of benzene rings is 2. The molecule has 2 heterocycles. The smallest absolute Gasteiger partial charge is 0.353 e. The normalized spacial score (nSPS) is 10.4. The summed E-state index contributed by atoms with van der Waals surface area (Å²) in [5.74, 6) is -3.44. The van der Waals surface area contributed by atoms with Gasteiger partial charge in [-0.3, -0.25) is 18.8 Å². The molecule has 3 aromatic carbocycles. The van der Waals surface area contributed by atoms with E-state index in [0.29, 0.717) is 16.7 Å². The molecular formula is C28H25ClFN7O8. The van der Waals surface area contributed by atoms with Crippen LogP contribution in [0.25, 0.3) is 5.78 Å². The van der Waals surface area contributed by atoms with Crippen molar-refractivity contribution < 1.29 is 33.7 Å². The molecule has 15 nitrogen and oxygen atoms in total. The van der Waals surface area contributed by atoms with Crippen molar-refractivity contribution in [2.75, 3.05) is 18.2 Å². The maximum absolute atomic E-state index is 13.4. The molecule has 1 amide bonds. The van der Waals surface area contributed by atoms with Gasteiger partial charge in [-0.1, -0.05) is 18.2 Å². The molecule has 45 heavy (non-hydrogen) atoms. The van der Waals surface area contributed by atoms with Gasteiger partial charge in [0.15, 0.2) is 0 Å². The number of aromatic nitrogens is 3. The summed E-state index contributed by atoms with van der Waals surface area (Å²) in [6.45, 7) is 0.381. The summed E-state index contributed by atoms with van der Waals surface area (Å²) in [5.41, 5.74) is 10.5. The first-order valence-electron chi connectivity index (χ1n) is 12.6. The second-order valence-electron chi connectivity index (χ2n) is 9.06. The molecule has 0 unspecified atom stereocenters. The summed E-state index contributed by atoms with van der Waals surface area (Å²) in [6, 6.07) is 11.7. The largest absolute Gasteiger partial charge is 0.492 e. The molecule has 0 radical (unpaired) electrons. The van der Waals surface area contributed by atoms with Gasteiger partial charge in [0.1, 0.15) is 28.6 Å². The van der Waals surface area contributed by atoms with Gasteiger partial charge < -0.3 is 37.1 Å². The Kier molecular flexibility index (Phi) is 10.5. The molecule has 0 aliphatic rings. The van der Waals surface area contributed by atoms with Gasteiger partial charge >= 0.3 is 11.9 Å². The van der Waals surface area contributed by atoms with Gasteiger partial charge in [-0.2, -0.15) is 4.98 Å². The molecule has 234 valence electrons. The van der Waals surface area contributed by atoms with Gasteiger partial charge in [0.25, 0.3) is 16.8 Å². The predicted molar refractivity (Wildman–Crippen MR) is 161 cm³/mol. The first-order chi connectivity index (χ1) is 20.9. The fourth-order valence-corrected chi connectivity index (χ4v) is 3.85. The number of aromatic hydroxyl groups is 1. The SMILES string of the molecule is COC(=O)c1ccc(CNC(=O)c2cc(C(=O)O)n3cc(O)nc3n2)cc1.Cl.NCc1ccc(F)c(Nc2c(N)c(=O)c2=O)c1. The zero-order valence-electron chi connectivity index (χ0n) is 23.2. The Bertz CT molecular complexity index is 1970. The molecule has 0 bridgehead atoms. The lowest BCUT2D eigenvalue weighted by Crippen LogP contribution is -2.36. The lowest BCUT2D eigenvalue weighted by molar-refractivity contribution is 0.0599. The molecular weight excluding hydrogens is 617 g/mol. The minimum Gasteiger partial charge on any atom is -0.492 e. The molecule has 2 aromatic heterocycles. The Labute approximate surface area is 258 Å². The number of aromatic carboxylic acids is 1. The van der Waals surface area contributed by atoms with Crippen LogP contribution in [0.3, 0.4) is 0 Å². The molecule has 5 rings (SSSR count). The summed E-state index contributed by atoms with van der Waals surface area (Å²) in [6.07, 6.45) is 1.09. The highest BCUT2D eigenvalue weighted by Gasteiger charge is 2.20. The van der Waals surface area contributed by atoms with Crippen molar-refractivity contribution in [3.8, 4) is 5.88 Å². The van der Waals surface area contributed by atoms with Crippen molar-refractivity contribution in [2.45, 2.75) is 13.1 Å². The van der Waals surface area contributed by atoms with Crippen LogP contribution in [0, 0.1) is 5.82 Å². The quantitative estimate of drug-likeness (QED) is 0.104. The highest BCUT2D eigenvalue weighted by molar-refractivity contribution is 5.96. The molecule has 0 saturated heterocycles. The van der Waals surface area contributed by atoms with Crippen LogP contribution in [0.1, 0.15) is 42.5 Å². The molecule has 0 aliphatic carbocycles. The molecule has 0 atom stereocenters. The zero-order chi connectivity index (χ0) is 32.1. The van der Waals surface area contributed by atoms with Gasteiger partial charge in [0.2, 0.25) is 11.7 Å². The molecule has 0 aliphatic heterocycles. The molecule has 0 saturated carbocycles. The highest BCUT2D eigenvalue weighted by atomic mass is 35.5. The Hall–Kier alpha value is -5.87. The van der Waals surface area contributed by atoms with Crippen molar-refractivity contribution in [1.29, 1.82) is 0 Å². The average Bonchev–Trinajstić information content (AvgIpc) is 3.42. The number of rotatable bonds is 8. The van der Waals surface area contributed by atoms with E-state index in [1.165, 1.54) is 25.3 Å². The minimum atomic E-state index is -1.30.